The van der Waals surface area contributed by atoms with Crippen molar-refractivity contribution in [3.05, 3.63) is 81.9 Å². The summed E-state index contributed by atoms with van der Waals surface area (Å²) < 4.78 is 5.28. The number of rotatable bonds is 3. The molecule has 2 heterocycles. The van der Waals surface area contributed by atoms with E-state index in [0.29, 0.717) is 0 Å². The van der Waals surface area contributed by atoms with Crippen molar-refractivity contribution < 1.29 is 4.74 Å². The Bertz CT molecular complexity index is 885. The van der Waals surface area contributed by atoms with Crippen LogP contribution in [0.25, 0.3) is 5.70 Å². The molecular weight excluding hydrogens is 352 g/mol. The van der Waals surface area contributed by atoms with Crippen LogP contribution in [0.5, 0.6) is 5.75 Å². The Labute approximate surface area is 156 Å². The molecule has 0 amide bonds. The molecule has 0 saturated heterocycles. The minimum absolute atomic E-state index is 0.106. The van der Waals surface area contributed by atoms with Gasteiger partial charge >= 0.3 is 0 Å². The van der Waals surface area contributed by atoms with Crippen LogP contribution >= 0.6 is 23.4 Å². The van der Waals surface area contributed by atoms with E-state index >= 15 is 0 Å². The monoisotopic (exact) mass is 368 g/mol. The minimum atomic E-state index is 0.106. The molecule has 2 aromatic carbocycles. The first kappa shape index (κ1) is 16.3. The van der Waals surface area contributed by atoms with E-state index < -0.39 is 0 Å². The Balaban J connectivity index is 1.76. The Hall–Kier alpha value is -2.17. The van der Waals surface area contributed by atoms with Gasteiger partial charge in [0.25, 0.3) is 0 Å². The SMILES string of the molecule is COc1ccc(C2C=C(c3ccc(Cl)cc3)N=C3SC(C)=CN32)cc1. The predicted molar refractivity (Wildman–Crippen MR) is 106 cm³/mol. The molecule has 5 heteroatoms. The van der Waals surface area contributed by atoms with Gasteiger partial charge in [-0.1, -0.05) is 47.6 Å². The van der Waals surface area contributed by atoms with Gasteiger partial charge in [-0.25, -0.2) is 4.99 Å². The lowest BCUT2D eigenvalue weighted by Crippen LogP contribution is -2.27. The summed E-state index contributed by atoms with van der Waals surface area (Å²) >= 11 is 7.73. The molecule has 2 aromatic rings. The Morgan fingerprint density at radius 1 is 1.08 bits per heavy atom. The lowest BCUT2D eigenvalue weighted by molar-refractivity contribution is 0.414. The number of methoxy groups -OCH3 is 1. The molecule has 0 saturated carbocycles. The van der Waals surface area contributed by atoms with Gasteiger partial charge in [-0.05, 0) is 42.8 Å². The summed E-state index contributed by atoms with van der Waals surface area (Å²) in [5, 5.41) is 1.74. The van der Waals surface area contributed by atoms with E-state index in [0.717, 1.165) is 27.2 Å². The second kappa shape index (κ2) is 6.62. The second-order valence-electron chi connectivity index (χ2n) is 5.92. The number of halogens is 1. The summed E-state index contributed by atoms with van der Waals surface area (Å²) in [6.07, 6.45) is 4.36. The van der Waals surface area contributed by atoms with Crippen LogP contribution in [0.4, 0.5) is 0 Å². The molecule has 0 N–H and O–H groups in total. The molecule has 0 radical (unpaired) electrons. The Kier molecular flexibility index (Phi) is 4.32. The molecule has 1 atom stereocenters. The van der Waals surface area contributed by atoms with Crippen molar-refractivity contribution in [1.29, 1.82) is 0 Å². The molecule has 0 fully saturated rings. The highest BCUT2D eigenvalue weighted by Gasteiger charge is 2.30. The normalized spacial score (nSPS) is 19.1. The van der Waals surface area contributed by atoms with Crippen LogP contribution in [0.1, 0.15) is 24.1 Å². The zero-order chi connectivity index (χ0) is 17.4. The molecule has 0 aliphatic carbocycles. The fraction of sp³-hybridized carbons (Fsp3) is 0.150. The number of ether oxygens (including phenoxy) is 1. The van der Waals surface area contributed by atoms with Gasteiger partial charge in [0.1, 0.15) is 5.75 Å². The van der Waals surface area contributed by atoms with E-state index in [2.05, 4.69) is 36.2 Å². The highest BCUT2D eigenvalue weighted by Crippen LogP contribution is 2.41. The lowest BCUT2D eigenvalue weighted by Gasteiger charge is -2.30. The Morgan fingerprint density at radius 3 is 2.48 bits per heavy atom. The second-order valence-corrected chi connectivity index (χ2v) is 7.57. The molecule has 2 aliphatic heterocycles. The third kappa shape index (κ3) is 3.20. The van der Waals surface area contributed by atoms with Gasteiger partial charge in [-0.3, -0.25) is 0 Å². The number of allylic oxidation sites excluding steroid dienone is 1. The number of aliphatic imine (C=N–C) groups is 1. The van der Waals surface area contributed by atoms with Crippen molar-refractivity contribution in [2.24, 2.45) is 4.99 Å². The number of fused-ring (bicyclic) bond motifs is 1. The van der Waals surface area contributed by atoms with E-state index in [1.807, 2.05) is 36.4 Å². The van der Waals surface area contributed by atoms with Crippen molar-refractivity contribution >= 4 is 34.2 Å². The van der Waals surface area contributed by atoms with E-state index in [-0.39, 0.29) is 6.04 Å². The van der Waals surface area contributed by atoms with Gasteiger partial charge < -0.3 is 9.64 Å². The Morgan fingerprint density at radius 2 is 1.80 bits per heavy atom. The zero-order valence-electron chi connectivity index (χ0n) is 13.9. The number of benzene rings is 2. The highest BCUT2D eigenvalue weighted by molar-refractivity contribution is 8.17. The maximum Gasteiger partial charge on any atom is 0.173 e. The van der Waals surface area contributed by atoms with Crippen LogP contribution < -0.4 is 4.74 Å². The summed E-state index contributed by atoms with van der Waals surface area (Å²) in [5.41, 5.74) is 3.24. The van der Waals surface area contributed by atoms with Gasteiger partial charge in [-0.2, -0.15) is 0 Å². The molecule has 1 unspecified atom stereocenters. The molecule has 4 rings (SSSR count). The number of hydrogen-bond donors (Lipinski definition) is 0. The number of hydrogen-bond acceptors (Lipinski definition) is 4. The first-order chi connectivity index (χ1) is 12.1. The van der Waals surface area contributed by atoms with Gasteiger partial charge in [0, 0.05) is 21.7 Å². The fourth-order valence-electron chi connectivity index (χ4n) is 2.96. The summed E-state index contributed by atoms with van der Waals surface area (Å²) in [5.74, 6) is 0.859. The van der Waals surface area contributed by atoms with Crippen molar-refractivity contribution in [3.63, 3.8) is 0 Å². The van der Waals surface area contributed by atoms with Gasteiger partial charge in [-0.15, -0.1) is 0 Å². The molecule has 126 valence electrons. The first-order valence-corrected chi connectivity index (χ1v) is 9.18. The van der Waals surface area contributed by atoms with Crippen LogP contribution in [-0.2, 0) is 0 Å². The molecule has 0 bridgehead atoms. The number of nitrogens with zero attached hydrogens (tertiary/aromatic N) is 2. The van der Waals surface area contributed by atoms with Crippen molar-refractivity contribution in [2.45, 2.75) is 13.0 Å². The number of amidine groups is 1. The molecule has 3 nitrogen and oxygen atoms in total. The van der Waals surface area contributed by atoms with Crippen LogP contribution in [0.2, 0.25) is 5.02 Å². The van der Waals surface area contributed by atoms with Crippen LogP contribution in [0.15, 0.2) is 70.7 Å². The smallest absolute Gasteiger partial charge is 0.173 e. The maximum atomic E-state index is 6.02. The van der Waals surface area contributed by atoms with E-state index in [4.69, 9.17) is 21.3 Å². The van der Waals surface area contributed by atoms with Gasteiger partial charge in [0.05, 0.1) is 18.8 Å². The molecular formula is C20H17ClN2OS. The highest BCUT2D eigenvalue weighted by atomic mass is 35.5. The zero-order valence-corrected chi connectivity index (χ0v) is 15.5. The first-order valence-electron chi connectivity index (χ1n) is 7.99. The summed E-state index contributed by atoms with van der Waals surface area (Å²) in [7, 11) is 1.68. The molecule has 25 heavy (non-hydrogen) atoms. The molecule has 2 aliphatic rings. The third-order valence-electron chi connectivity index (χ3n) is 4.22. The van der Waals surface area contributed by atoms with E-state index in [9.17, 15) is 0 Å². The third-order valence-corrected chi connectivity index (χ3v) is 5.39. The molecule has 0 aromatic heterocycles. The van der Waals surface area contributed by atoms with Crippen molar-refractivity contribution in [2.75, 3.05) is 7.11 Å². The number of thioether (sulfide) groups is 1. The summed E-state index contributed by atoms with van der Waals surface area (Å²) in [4.78, 5) is 8.31. The maximum absolute atomic E-state index is 6.02. The average molecular weight is 369 g/mol. The summed E-state index contributed by atoms with van der Waals surface area (Å²) in [6.45, 7) is 2.11. The minimum Gasteiger partial charge on any atom is -0.497 e. The van der Waals surface area contributed by atoms with E-state index in [1.165, 1.54) is 10.5 Å². The largest absolute Gasteiger partial charge is 0.497 e. The average Bonchev–Trinajstić information content (AvgIpc) is 3.01. The molecule has 0 spiro atoms. The lowest BCUT2D eigenvalue weighted by atomic mass is 10.0. The topological polar surface area (TPSA) is 24.8 Å². The van der Waals surface area contributed by atoms with Crippen molar-refractivity contribution in [1.82, 2.24) is 4.90 Å². The van der Waals surface area contributed by atoms with E-state index in [1.54, 1.807) is 18.9 Å². The fourth-order valence-corrected chi connectivity index (χ4v) is 3.96. The van der Waals surface area contributed by atoms with Gasteiger partial charge in [0.15, 0.2) is 5.17 Å². The standard InChI is InChI=1S/C20H17ClN2OS/c1-13-12-23-19(15-5-9-17(24-2)10-6-15)11-18(22-20(23)25-13)14-3-7-16(21)8-4-14/h3-12,19H,1-2H3. The van der Waals surface area contributed by atoms with Crippen molar-refractivity contribution in [3.8, 4) is 5.75 Å². The van der Waals surface area contributed by atoms with Crippen LogP contribution in [0, 0.1) is 0 Å². The van der Waals surface area contributed by atoms with Gasteiger partial charge in [0.2, 0.25) is 0 Å². The van der Waals surface area contributed by atoms with Crippen LogP contribution in [0.3, 0.4) is 0 Å². The predicted octanol–water partition coefficient (Wildman–Crippen LogP) is 5.71. The summed E-state index contributed by atoms with van der Waals surface area (Å²) in [6, 6.07) is 16.1. The van der Waals surface area contributed by atoms with Crippen LogP contribution in [-0.4, -0.2) is 17.2 Å². The quantitative estimate of drug-likeness (QED) is 0.693.